The number of hydrogen-bond donors (Lipinski definition) is 1. The Bertz CT molecular complexity index is 1400. The maximum Gasteiger partial charge on any atom is 0.295 e. The highest BCUT2D eigenvalue weighted by Gasteiger charge is 2.46. The highest BCUT2D eigenvalue weighted by Crippen LogP contribution is 2.44. The van der Waals surface area contributed by atoms with Gasteiger partial charge in [0.15, 0.2) is 23.0 Å². The summed E-state index contributed by atoms with van der Waals surface area (Å²) in [7, 11) is 7.52. The molecule has 38 heavy (non-hydrogen) atoms. The minimum absolute atomic E-state index is 0.0654. The summed E-state index contributed by atoms with van der Waals surface area (Å²) >= 11 is 0. The number of benzene rings is 3. The van der Waals surface area contributed by atoms with Crippen molar-refractivity contribution in [2.75, 3.05) is 35.5 Å². The molecule has 0 radical (unpaired) electrons. The minimum Gasteiger partial charge on any atom is -0.507 e. The molecule has 1 unspecified atom stereocenters. The fraction of sp³-hybridized carbons (Fsp3) is 0.241. The molecule has 9 nitrogen and oxygen atoms in total. The lowest BCUT2D eigenvalue weighted by atomic mass is 9.94. The van der Waals surface area contributed by atoms with Gasteiger partial charge in [0.2, 0.25) is 0 Å². The van der Waals surface area contributed by atoms with Crippen molar-refractivity contribution in [3.63, 3.8) is 0 Å². The monoisotopic (exact) mass is 519 g/mol. The van der Waals surface area contributed by atoms with Crippen LogP contribution in [-0.4, -0.2) is 57.2 Å². The molecule has 1 aliphatic heterocycles. The van der Waals surface area contributed by atoms with Crippen LogP contribution < -0.4 is 23.7 Å². The van der Waals surface area contributed by atoms with Crippen molar-refractivity contribution < 1.29 is 38.4 Å². The van der Waals surface area contributed by atoms with E-state index >= 15 is 0 Å². The zero-order chi connectivity index (χ0) is 27.4. The van der Waals surface area contributed by atoms with Crippen LogP contribution in [0.4, 0.5) is 0 Å². The quantitative estimate of drug-likeness (QED) is 0.253. The van der Waals surface area contributed by atoms with Crippen molar-refractivity contribution >= 4 is 17.4 Å². The van der Waals surface area contributed by atoms with Gasteiger partial charge >= 0.3 is 0 Å². The number of aliphatic hydroxyl groups is 1. The largest absolute Gasteiger partial charge is 0.507 e. The van der Waals surface area contributed by atoms with Crippen LogP contribution in [0, 0.1) is 0 Å². The van der Waals surface area contributed by atoms with Crippen LogP contribution in [0.3, 0.4) is 0 Å². The molecule has 1 amide bonds. The number of rotatable bonds is 9. The topological polar surface area (TPSA) is 104 Å². The van der Waals surface area contributed by atoms with Crippen LogP contribution in [0.1, 0.15) is 22.7 Å². The second-order valence-electron chi connectivity index (χ2n) is 8.42. The molecule has 0 aliphatic carbocycles. The van der Waals surface area contributed by atoms with Gasteiger partial charge in [-0.3, -0.25) is 9.59 Å². The first-order valence-electron chi connectivity index (χ1n) is 11.7. The molecule has 1 heterocycles. The molecule has 1 saturated heterocycles. The Morgan fingerprint density at radius 3 is 1.95 bits per heavy atom. The third-order valence-corrected chi connectivity index (χ3v) is 6.45. The van der Waals surface area contributed by atoms with Crippen LogP contribution in [0.2, 0.25) is 0 Å². The average Bonchev–Trinajstić information content (AvgIpc) is 3.21. The number of carbonyl (C=O) groups excluding carboxylic acids is 2. The summed E-state index contributed by atoms with van der Waals surface area (Å²) in [4.78, 5) is 28.3. The molecule has 0 spiro atoms. The lowest BCUT2D eigenvalue weighted by Gasteiger charge is -2.26. The van der Waals surface area contributed by atoms with E-state index in [0.717, 1.165) is 0 Å². The van der Waals surface area contributed by atoms with Crippen LogP contribution in [0.5, 0.6) is 28.7 Å². The zero-order valence-corrected chi connectivity index (χ0v) is 21.8. The van der Waals surface area contributed by atoms with Crippen LogP contribution in [-0.2, 0) is 16.1 Å². The average molecular weight is 520 g/mol. The number of carbonyl (C=O) groups is 2. The molecule has 0 saturated carbocycles. The number of nitrogens with zero attached hydrogens (tertiary/aromatic N) is 1. The van der Waals surface area contributed by atoms with Gasteiger partial charge in [-0.05, 0) is 42.0 Å². The van der Waals surface area contributed by atoms with E-state index in [1.54, 1.807) is 42.5 Å². The zero-order valence-electron chi connectivity index (χ0n) is 21.8. The van der Waals surface area contributed by atoms with E-state index < -0.39 is 17.7 Å². The number of methoxy groups -OCH3 is 5. The van der Waals surface area contributed by atoms with Crippen molar-refractivity contribution in [1.29, 1.82) is 0 Å². The second kappa shape index (κ2) is 11.2. The summed E-state index contributed by atoms with van der Waals surface area (Å²) in [6.45, 7) is 0.0658. The Hall–Kier alpha value is -4.66. The lowest BCUT2D eigenvalue weighted by Crippen LogP contribution is -2.29. The molecule has 1 aliphatic rings. The van der Waals surface area contributed by atoms with Gasteiger partial charge in [0.25, 0.3) is 11.7 Å². The number of para-hydroxylation sites is 1. The van der Waals surface area contributed by atoms with Gasteiger partial charge in [0, 0.05) is 11.1 Å². The first-order chi connectivity index (χ1) is 18.4. The van der Waals surface area contributed by atoms with Gasteiger partial charge in [0.05, 0.1) is 53.7 Å². The molecule has 198 valence electrons. The number of amides is 1. The van der Waals surface area contributed by atoms with E-state index in [0.29, 0.717) is 45.4 Å². The minimum atomic E-state index is -0.923. The molecular weight excluding hydrogens is 490 g/mol. The number of likely N-dealkylation sites (tertiary alicyclic amines) is 1. The van der Waals surface area contributed by atoms with E-state index in [4.69, 9.17) is 23.7 Å². The molecule has 0 aromatic heterocycles. The molecule has 4 rings (SSSR count). The van der Waals surface area contributed by atoms with Gasteiger partial charge in [-0.25, -0.2) is 0 Å². The third kappa shape index (κ3) is 4.70. The van der Waals surface area contributed by atoms with Gasteiger partial charge in [-0.2, -0.15) is 0 Å². The van der Waals surface area contributed by atoms with E-state index in [2.05, 4.69) is 0 Å². The van der Waals surface area contributed by atoms with Crippen molar-refractivity contribution in [2.24, 2.45) is 0 Å². The Morgan fingerprint density at radius 2 is 1.32 bits per heavy atom. The maximum absolute atomic E-state index is 13.5. The fourth-order valence-corrected chi connectivity index (χ4v) is 4.57. The smallest absolute Gasteiger partial charge is 0.295 e. The standard InChI is InChI=1S/C29H29NO8/c1-34-20-9-7-6-8-19(20)16-30-26(17-10-12-21(35-2)23(14-17)37-4)25(28(32)29(30)33)27(31)18-11-13-22(36-3)24(15-18)38-5/h6-15,26,31H,16H2,1-5H3/b27-25-. The molecule has 1 fully saturated rings. The molecule has 1 N–H and O–H groups in total. The van der Waals surface area contributed by atoms with Crippen molar-refractivity contribution in [3.05, 3.63) is 82.9 Å². The number of hydrogen-bond acceptors (Lipinski definition) is 8. The summed E-state index contributed by atoms with van der Waals surface area (Å²) in [5.41, 5.74) is 1.49. The van der Waals surface area contributed by atoms with E-state index in [-0.39, 0.29) is 17.9 Å². The summed E-state index contributed by atoms with van der Waals surface area (Å²) in [6.07, 6.45) is 0. The lowest BCUT2D eigenvalue weighted by molar-refractivity contribution is -0.140. The normalized spacial score (nSPS) is 16.3. The Balaban J connectivity index is 1.92. The van der Waals surface area contributed by atoms with Crippen LogP contribution in [0.15, 0.2) is 66.2 Å². The summed E-state index contributed by atoms with van der Waals surface area (Å²) in [5, 5.41) is 11.4. The van der Waals surface area contributed by atoms with Gasteiger partial charge in [-0.1, -0.05) is 24.3 Å². The second-order valence-corrected chi connectivity index (χ2v) is 8.42. The number of Topliss-reactive ketones (excluding diaryl/α,β-unsaturated/α-hetero) is 1. The van der Waals surface area contributed by atoms with Crippen molar-refractivity contribution in [2.45, 2.75) is 12.6 Å². The van der Waals surface area contributed by atoms with E-state index in [1.807, 2.05) is 18.2 Å². The van der Waals surface area contributed by atoms with Crippen molar-refractivity contribution in [3.8, 4) is 28.7 Å². The first kappa shape index (κ1) is 26.4. The Labute approximate surface area is 220 Å². The first-order valence-corrected chi connectivity index (χ1v) is 11.7. The molecule has 0 bridgehead atoms. The predicted molar refractivity (Wildman–Crippen MR) is 140 cm³/mol. The van der Waals surface area contributed by atoms with E-state index in [1.165, 1.54) is 40.4 Å². The molecule has 3 aromatic carbocycles. The van der Waals surface area contributed by atoms with E-state index in [9.17, 15) is 14.7 Å². The Morgan fingerprint density at radius 1 is 0.737 bits per heavy atom. The third-order valence-electron chi connectivity index (χ3n) is 6.45. The van der Waals surface area contributed by atoms with Crippen LogP contribution in [0.25, 0.3) is 5.76 Å². The Kier molecular flexibility index (Phi) is 7.76. The summed E-state index contributed by atoms with van der Waals surface area (Å²) < 4.78 is 27.0. The summed E-state index contributed by atoms with van der Waals surface area (Å²) in [5.74, 6) is 0.382. The highest BCUT2D eigenvalue weighted by atomic mass is 16.5. The number of ketones is 1. The molecule has 1 atom stereocenters. The number of aliphatic hydroxyl groups excluding tert-OH is 1. The predicted octanol–water partition coefficient (Wildman–Crippen LogP) is 4.35. The summed E-state index contributed by atoms with van der Waals surface area (Å²) in [6, 6.07) is 16.2. The van der Waals surface area contributed by atoms with Crippen molar-refractivity contribution in [1.82, 2.24) is 4.90 Å². The van der Waals surface area contributed by atoms with Gasteiger partial charge in [0.1, 0.15) is 11.5 Å². The molecule has 9 heteroatoms. The fourth-order valence-electron chi connectivity index (χ4n) is 4.57. The van der Waals surface area contributed by atoms with Crippen LogP contribution >= 0.6 is 0 Å². The number of ether oxygens (including phenoxy) is 5. The highest BCUT2D eigenvalue weighted by molar-refractivity contribution is 6.46. The molecular formula is C29H29NO8. The SMILES string of the molecule is COc1ccccc1CN1C(=O)C(=O)/C(=C(\O)c2ccc(OC)c(OC)c2)C1c1ccc(OC)c(OC)c1. The van der Waals surface area contributed by atoms with Gasteiger partial charge < -0.3 is 33.7 Å². The molecule has 3 aromatic rings. The maximum atomic E-state index is 13.5. The van der Waals surface area contributed by atoms with Gasteiger partial charge in [-0.15, -0.1) is 0 Å².